The van der Waals surface area contributed by atoms with Gasteiger partial charge in [0, 0.05) is 29.4 Å². The van der Waals surface area contributed by atoms with Crippen molar-refractivity contribution < 1.29 is 0 Å². The Labute approximate surface area is 106 Å². The van der Waals surface area contributed by atoms with E-state index in [9.17, 15) is 0 Å². The number of aromatic nitrogens is 2. The number of nitrogens with one attached hydrogen (secondary N) is 2. The number of halogens is 1. The maximum atomic E-state index is 6.07. The maximum absolute atomic E-state index is 6.07. The zero-order valence-electron chi connectivity index (χ0n) is 10.0. The van der Waals surface area contributed by atoms with Gasteiger partial charge in [-0.25, -0.2) is 0 Å². The molecule has 0 atom stereocenters. The number of rotatable bonds is 4. The van der Waals surface area contributed by atoms with Crippen molar-refractivity contribution in [3.8, 4) is 0 Å². The Morgan fingerprint density at radius 1 is 1.29 bits per heavy atom. The van der Waals surface area contributed by atoms with Crippen molar-refractivity contribution in [2.45, 2.75) is 26.9 Å². The van der Waals surface area contributed by atoms with E-state index in [0.717, 1.165) is 29.4 Å². The van der Waals surface area contributed by atoms with Crippen molar-refractivity contribution in [1.82, 2.24) is 15.5 Å². The van der Waals surface area contributed by atoms with E-state index in [-0.39, 0.29) is 0 Å². The molecule has 4 heteroatoms. The highest BCUT2D eigenvalue weighted by molar-refractivity contribution is 6.31. The molecule has 2 aromatic rings. The molecule has 0 spiro atoms. The van der Waals surface area contributed by atoms with Crippen molar-refractivity contribution in [1.29, 1.82) is 0 Å². The zero-order chi connectivity index (χ0) is 12.3. The molecule has 1 aromatic heterocycles. The molecule has 0 aliphatic rings. The van der Waals surface area contributed by atoms with Crippen molar-refractivity contribution >= 4 is 11.6 Å². The quantitative estimate of drug-likeness (QED) is 0.875. The van der Waals surface area contributed by atoms with E-state index < -0.39 is 0 Å². The lowest BCUT2D eigenvalue weighted by atomic mass is 10.1. The second-order valence-electron chi connectivity index (χ2n) is 4.21. The Morgan fingerprint density at radius 3 is 2.76 bits per heavy atom. The molecule has 90 valence electrons. The predicted octanol–water partition coefficient (Wildman–Crippen LogP) is 2.97. The average molecular weight is 250 g/mol. The third-order valence-corrected chi connectivity index (χ3v) is 3.22. The van der Waals surface area contributed by atoms with Crippen LogP contribution in [0.1, 0.15) is 22.4 Å². The van der Waals surface area contributed by atoms with Crippen LogP contribution in [0.25, 0.3) is 0 Å². The molecule has 3 nitrogen and oxygen atoms in total. The summed E-state index contributed by atoms with van der Waals surface area (Å²) in [6.45, 7) is 5.65. The summed E-state index contributed by atoms with van der Waals surface area (Å²) in [7, 11) is 0. The minimum atomic E-state index is 0.810. The van der Waals surface area contributed by atoms with E-state index in [1.807, 2.05) is 32.2 Å². The highest BCUT2D eigenvalue weighted by Gasteiger charge is 2.01. The molecule has 0 bridgehead atoms. The third-order valence-electron chi connectivity index (χ3n) is 2.82. The summed E-state index contributed by atoms with van der Waals surface area (Å²) in [5.74, 6) is 0. The van der Waals surface area contributed by atoms with Gasteiger partial charge in [-0.05, 0) is 31.0 Å². The minimum absolute atomic E-state index is 0.810. The normalized spacial score (nSPS) is 10.8. The smallest absolute Gasteiger partial charge is 0.0535 e. The SMILES string of the molecule is Cc1ccc(CNCc2cn[nH]c2C)cc1Cl. The Bertz CT molecular complexity index is 505. The van der Waals surface area contributed by atoms with Gasteiger partial charge in [-0.15, -0.1) is 0 Å². The summed E-state index contributed by atoms with van der Waals surface area (Å²) in [4.78, 5) is 0. The molecular formula is C13H16ClN3. The standard InChI is InChI=1S/C13H16ClN3/c1-9-3-4-11(5-13(9)14)6-15-7-12-8-16-17-10(12)2/h3-5,8,15H,6-7H2,1-2H3,(H,16,17). The molecule has 0 amide bonds. The van der Waals surface area contributed by atoms with Crippen LogP contribution in [0.4, 0.5) is 0 Å². The highest BCUT2D eigenvalue weighted by atomic mass is 35.5. The Balaban J connectivity index is 1.90. The molecule has 0 aliphatic heterocycles. The fraction of sp³-hybridized carbons (Fsp3) is 0.308. The summed E-state index contributed by atoms with van der Waals surface area (Å²) in [6, 6.07) is 6.14. The highest BCUT2D eigenvalue weighted by Crippen LogP contribution is 2.16. The number of benzene rings is 1. The molecule has 0 saturated carbocycles. The van der Waals surface area contributed by atoms with Crippen LogP contribution in [0.2, 0.25) is 5.02 Å². The van der Waals surface area contributed by atoms with E-state index in [1.54, 1.807) is 0 Å². The fourth-order valence-electron chi connectivity index (χ4n) is 1.64. The second kappa shape index (κ2) is 5.34. The van der Waals surface area contributed by atoms with Crippen LogP contribution in [-0.2, 0) is 13.1 Å². The number of hydrogen-bond acceptors (Lipinski definition) is 2. The molecule has 0 saturated heterocycles. The molecule has 2 rings (SSSR count). The van der Waals surface area contributed by atoms with Crippen molar-refractivity contribution in [3.05, 3.63) is 51.8 Å². The van der Waals surface area contributed by atoms with Crippen molar-refractivity contribution in [3.63, 3.8) is 0 Å². The first kappa shape index (κ1) is 12.1. The lowest BCUT2D eigenvalue weighted by Crippen LogP contribution is -2.12. The van der Waals surface area contributed by atoms with Gasteiger partial charge in [-0.3, -0.25) is 5.10 Å². The van der Waals surface area contributed by atoms with Gasteiger partial charge in [-0.1, -0.05) is 23.7 Å². The fourth-order valence-corrected chi connectivity index (χ4v) is 1.84. The summed E-state index contributed by atoms with van der Waals surface area (Å²) >= 11 is 6.07. The van der Waals surface area contributed by atoms with Crippen LogP contribution >= 0.6 is 11.6 Å². The topological polar surface area (TPSA) is 40.7 Å². The molecule has 1 aromatic carbocycles. The molecular weight excluding hydrogens is 234 g/mol. The largest absolute Gasteiger partial charge is 0.308 e. The maximum Gasteiger partial charge on any atom is 0.0535 e. The first-order valence-electron chi connectivity index (χ1n) is 5.61. The molecule has 2 N–H and O–H groups in total. The van der Waals surface area contributed by atoms with E-state index >= 15 is 0 Å². The Kier molecular flexibility index (Phi) is 3.82. The first-order valence-corrected chi connectivity index (χ1v) is 5.99. The Morgan fingerprint density at radius 2 is 2.12 bits per heavy atom. The van der Waals surface area contributed by atoms with Gasteiger partial charge in [0.15, 0.2) is 0 Å². The van der Waals surface area contributed by atoms with E-state index in [4.69, 9.17) is 11.6 Å². The van der Waals surface area contributed by atoms with Crippen LogP contribution < -0.4 is 5.32 Å². The molecule has 0 unspecified atom stereocenters. The van der Waals surface area contributed by atoms with Gasteiger partial charge in [0.05, 0.1) is 6.20 Å². The molecule has 1 heterocycles. The van der Waals surface area contributed by atoms with Gasteiger partial charge in [-0.2, -0.15) is 5.10 Å². The molecule has 17 heavy (non-hydrogen) atoms. The number of H-pyrrole nitrogens is 1. The van der Waals surface area contributed by atoms with Crippen LogP contribution in [-0.4, -0.2) is 10.2 Å². The van der Waals surface area contributed by atoms with E-state index in [1.165, 1.54) is 11.1 Å². The second-order valence-corrected chi connectivity index (χ2v) is 4.61. The van der Waals surface area contributed by atoms with E-state index in [2.05, 4.69) is 21.6 Å². The lowest BCUT2D eigenvalue weighted by molar-refractivity contribution is 0.691. The number of aryl methyl sites for hydroxylation is 2. The van der Waals surface area contributed by atoms with Gasteiger partial charge >= 0.3 is 0 Å². The first-order chi connectivity index (χ1) is 8.16. The van der Waals surface area contributed by atoms with Crippen LogP contribution in [0.3, 0.4) is 0 Å². The summed E-state index contributed by atoms with van der Waals surface area (Å²) in [6.07, 6.45) is 1.85. The van der Waals surface area contributed by atoms with Gasteiger partial charge in [0.1, 0.15) is 0 Å². The van der Waals surface area contributed by atoms with Crippen molar-refractivity contribution in [2.75, 3.05) is 0 Å². The van der Waals surface area contributed by atoms with Crippen molar-refractivity contribution in [2.24, 2.45) is 0 Å². The third kappa shape index (κ3) is 3.08. The monoisotopic (exact) mass is 249 g/mol. The molecule has 0 radical (unpaired) electrons. The Hall–Kier alpha value is -1.32. The summed E-state index contributed by atoms with van der Waals surface area (Å²) < 4.78 is 0. The van der Waals surface area contributed by atoms with Crippen LogP contribution in [0.5, 0.6) is 0 Å². The number of hydrogen-bond donors (Lipinski definition) is 2. The number of aromatic amines is 1. The molecule has 0 aliphatic carbocycles. The van der Waals surface area contributed by atoms with Crippen LogP contribution in [0, 0.1) is 13.8 Å². The minimum Gasteiger partial charge on any atom is -0.308 e. The molecule has 0 fully saturated rings. The number of nitrogens with zero attached hydrogens (tertiary/aromatic N) is 1. The van der Waals surface area contributed by atoms with E-state index in [0.29, 0.717) is 0 Å². The zero-order valence-corrected chi connectivity index (χ0v) is 10.8. The predicted molar refractivity (Wildman–Crippen MR) is 70.1 cm³/mol. The summed E-state index contributed by atoms with van der Waals surface area (Å²) in [5, 5.41) is 11.1. The van der Waals surface area contributed by atoms with Gasteiger partial charge in [0.25, 0.3) is 0 Å². The summed E-state index contributed by atoms with van der Waals surface area (Å²) in [5.41, 5.74) is 4.62. The van der Waals surface area contributed by atoms with Gasteiger partial charge in [0.2, 0.25) is 0 Å². The van der Waals surface area contributed by atoms with Crippen LogP contribution in [0.15, 0.2) is 24.4 Å². The average Bonchev–Trinajstić information content (AvgIpc) is 2.70. The van der Waals surface area contributed by atoms with Gasteiger partial charge < -0.3 is 5.32 Å². The lowest BCUT2D eigenvalue weighted by Gasteiger charge is -2.06.